The molecule has 2 aromatic carbocycles. The number of hydrogen-bond donors (Lipinski definition) is 0. The summed E-state index contributed by atoms with van der Waals surface area (Å²) in [5.74, 6) is 0.882. The Labute approximate surface area is 168 Å². The largest absolute Gasteiger partial charge is 0.314 e. The molecule has 8 heteroatoms. The smallest absolute Gasteiger partial charge is 0.210 e. The van der Waals surface area contributed by atoms with E-state index < -0.39 is 9.84 Å². The standard InChI is InChI=1S/C21H19N5O2S/c1-24-20-17(14-23-24)4-2-5-19(20)29(27,28)18-8-6-16(7-9-18)15-26-12-3-11-25-13-10-22-21(25)26/h2-10,12-14H,11,15H2,1H3. The van der Waals surface area contributed by atoms with E-state index >= 15 is 0 Å². The summed E-state index contributed by atoms with van der Waals surface area (Å²) in [4.78, 5) is 6.98. The molecule has 7 nitrogen and oxygen atoms in total. The van der Waals surface area contributed by atoms with Crippen LogP contribution >= 0.6 is 0 Å². The molecule has 0 spiro atoms. The third kappa shape index (κ3) is 2.92. The first-order valence-electron chi connectivity index (χ1n) is 9.23. The van der Waals surface area contributed by atoms with E-state index in [1.165, 1.54) is 0 Å². The van der Waals surface area contributed by atoms with Gasteiger partial charge in [0, 0.05) is 37.6 Å². The molecule has 0 atom stereocenters. The Morgan fingerprint density at radius 1 is 1.10 bits per heavy atom. The molecule has 1 aliphatic rings. The lowest BCUT2D eigenvalue weighted by Crippen LogP contribution is -2.22. The summed E-state index contributed by atoms with van der Waals surface area (Å²) >= 11 is 0. The molecule has 3 heterocycles. The van der Waals surface area contributed by atoms with Crippen LogP contribution in [0, 0.1) is 0 Å². The molecule has 2 aromatic heterocycles. The van der Waals surface area contributed by atoms with Crippen molar-refractivity contribution in [3.05, 3.63) is 78.9 Å². The van der Waals surface area contributed by atoms with Gasteiger partial charge in [-0.05, 0) is 29.8 Å². The third-order valence-corrected chi connectivity index (χ3v) is 6.94. The van der Waals surface area contributed by atoms with Crippen molar-refractivity contribution in [2.24, 2.45) is 7.05 Å². The molecule has 0 amide bonds. The van der Waals surface area contributed by atoms with Crippen molar-refractivity contribution in [2.75, 3.05) is 4.90 Å². The average molecular weight is 405 g/mol. The predicted molar refractivity (Wildman–Crippen MR) is 110 cm³/mol. The Morgan fingerprint density at radius 2 is 1.93 bits per heavy atom. The minimum atomic E-state index is -3.65. The molecule has 0 aliphatic carbocycles. The summed E-state index contributed by atoms with van der Waals surface area (Å²) in [6, 6.07) is 12.3. The van der Waals surface area contributed by atoms with Crippen molar-refractivity contribution in [1.82, 2.24) is 19.3 Å². The number of aromatic nitrogens is 4. The average Bonchev–Trinajstić information content (AvgIpc) is 3.36. The quantitative estimate of drug-likeness (QED) is 0.522. The van der Waals surface area contributed by atoms with E-state index in [-0.39, 0.29) is 9.79 Å². The van der Waals surface area contributed by atoms with Crippen LogP contribution < -0.4 is 4.90 Å². The number of para-hydroxylation sites is 1. The summed E-state index contributed by atoms with van der Waals surface area (Å²) in [6.45, 7) is 1.42. The number of sulfone groups is 1. The second-order valence-electron chi connectivity index (χ2n) is 7.00. The van der Waals surface area contributed by atoms with Crippen LogP contribution in [0.4, 0.5) is 5.95 Å². The number of nitrogens with zero attached hydrogens (tertiary/aromatic N) is 5. The Bertz CT molecular complexity index is 1330. The second kappa shape index (κ2) is 6.59. The zero-order chi connectivity index (χ0) is 20.0. The van der Waals surface area contributed by atoms with Gasteiger partial charge in [0.05, 0.1) is 28.0 Å². The number of allylic oxidation sites excluding steroid dienone is 1. The molecule has 0 fully saturated rings. The van der Waals surface area contributed by atoms with E-state index in [0.717, 1.165) is 23.4 Å². The molecule has 0 saturated heterocycles. The molecular weight excluding hydrogens is 386 g/mol. The zero-order valence-electron chi connectivity index (χ0n) is 15.8. The molecular formula is C21H19N5O2S. The Kier molecular flexibility index (Phi) is 4.02. The zero-order valence-corrected chi connectivity index (χ0v) is 16.6. The predicted octanol–water partition coefficient (Wildman–Crippen LogP) is 3.14. The highest BCUT2D eigenvalue weighted by molar-refractivity contribution is 7.91. The van der Waals surface area contributed by atoms with Crippen LogP contribution in [0.5, 0.6) is 0 Å². The van der Waals surface area contributed by atoms with Gasteiger partial charge in [0.15, 0.2) is 0 Å². The number of rotatable bonds is 4. The van der Waals surface area contributed by atoms with Crippen molar-refractivity contribution in [1.29, 1.82) is 0 Å². The van der Waals surface area contributed by atoms with Gasteiger partial charge in [-0.3, -0.25) is 4.68 Å². The van der Waals surface area contributed by atoms with Gasteiger partial charge < -0.3 is 9.47 Å². The monoisotopic (exact) mass is 405 g/mol. The number of imidazole rings is 1. The first-order valence-corrected chi connectivity index (χ1v) is 10.7. The molecule has 0 bridgehead atoms. The number of benzene rings is 2. The lowest BCUT2D eigenvalue weighted by molar-refractivity contribution is 0.596. The SMILES string of the molecule is Cn1ncc2cccc(S(=O)(=O)c3ccc(CN4C=CCn5ccnc54)cc3)c21. The van der Waals surface area contributed by atoms with Gasteiger partial charge in [-0.2, -0.15) is 5.10 Å². The molecule has 1 aliphatic heterocycles. The van der Waals surface area contributed by atoms with Crippen LogP contribution in [-0.2, 0) is 30.0 Å². The molecule has 0 saturated carbocycles. The summed E-state index contributed by atoms with van der Waals surface area (Å²) in [6.07, 6.45) is 9.48. The Balaban J connectivity index is 1.46. The van der Waals surface area contributed by atoms with E-state index in [1.54, 1.807) is 48.4 Å². The van der Waals surface area contributed by atoms with E-state index in [4.69, 9.17) is 0 Å². The molecule has 4 aromatic rings. The van der Waals surface area contributed by atoms with Gasteiger partial charge in [0.25, 0.3) is 0 Å². The van der Waals surface area contributed by atoms with Crippen LogP contribution in [0.1, 0.15) is 5.56 Å². The lowest BCUT2D eigenvalue weighted by atomic mass is 10.2. The van der Waals surface area contributed by atoms with Crippen LogP contribution in [0.25, 0.3) is 10.9 Å². The van der Waals surface area contributed by atoms with Gasteiger partial charge in [-0.25, -0.2) is 13.4 Å². The molecule has 29 heavy (non-hydrogen) atoms. The number of hydrogen-bond acceptors (Lipinski definition) is 5. The van der Waals surface area contributed by atoms with Crippen molar-refractivity contribution < 1.29 is 8.42 Å². The van der Waals surface area contributed by atoms with Gasteiger partial charge in [0.1, 0.15) is 0 Å². The van der Waals surface area contributed by atoms with E-state index in [9.17, 15) is 8.42 Å². The Hall–Kier alpha value is -3.39. The molecule has 0 unspecified atom stereocenters. The fourth-order valence-corrected chi connectivity index (χ4v) is 5.20. The highest BCUT2D eigenvalue weighted by Crippen LogP contribution is 2.28. The highest BCUT2D eigenvalue weighted by atomic mass is 32.2. The summed E-state index contributed by atoms with van der Waals surface area (Å²) in [5.41, 5.74) is 1.62. The normalized spacial score (nSPS) is 13.8. The molecule has 0 N–H and O–H groups in total. The van der Waals surface area contributed by atoms with Gasteiger partial charge in [-0.15, -0.1) is 0 Å². The van der Waals surface area contributed by atoms with Crippen molar-refractivity contribution in [3.8, 4) is 0 Å². The maximum absolute atomic E-state index is 13.3. The van der Waals surface area contributed by atoms with E-state index in [0.29, 0.717) is 12.1 Å². The van der Waals surface area contributed by atoms with Crippen molar-refractivity contribution >= 4 is 26.7 Å². The molecule has 146 valence electrons. The van der Waals surface area contributed by atoms with Crippen LogP contribution in [0.2, 0.25) is 0 Å². The van der Waals surface area contributed by atoms with Gasteiger partial charge in [0.2, 0.25) is 15.8 Å². The van der Waals surface area contributed by atoms with Gasteiger partial charge in [-0.1, -0.05) is 24.3 Å². The summed E-state index contributed by atoms with van der Waals surface area (Å²) < 4.78 is 30.2. The van der Waals surface area contributed by atoms with Crippen LogP contribution in [-0.4, -0.2) is 27.7 Å². The molecule has 0 radical (unpaired) electrons. The maximum Gasteiger partial charge on any atom is 0.210 e. The van der Waals surface area contributed by atoms with Crippen LogP contribution in [0.15, 0.2) is 83.1 Å². The first kappa shape index (κ1) is 17.7. The summed E-state index contributed by atoms with van der Waals surface area (Å²) in [7, 11) is -1.90. The lowest BCUT2D eigenvalue weighted by Gasteiger charge is -2.24. The minimum absolute atomic E-state index is 0.267. The first-order chi connectivity index (χ1) is 14.0. The fourth-order valence-electron chi connectivity index (χ4n) is 3.69. The minimum Gasteiger partial charge on any atom is -0.314 e. The van der Waals surface area contributed by atoms with E-state index in [1.807, 2.05) is 35.5 Å². The van der Waals surface area contributed by atoms with Crippen molar-refractivity contribution in [2.45, 2.75) is 22.9 Å². The summed E-state index contributed by atoms with van der Waals surface area (Å²) in [5, 5.41) is 4.99. The highest BCUT2D eigenvalue weighted by Gasteiger charge is 2.22. The molecule has 5 rings (SSSR count). The Morgan fingerprint density at radius 3 is 2.76 bits per heavy atom. The van der Waals surface area contributed by atoms with Crippen LogP contribution in [0.3, 0.4) is 0 Å². The number of anilines is 1. The van der Waals surface area contributed by atoms with Crippen molar-refractivity contribution in [3.63, 3.8) is 0 Å². The van der Waals surface area contributed by atoms with E-state index in [2.05, 4.69) is 20.7 Å². The van der Waals surface area contributed by atoms with Gasteiger partial charge >= 0.3 is 0 Å². The maximum atomic E-state index is 13.3. The topological polar surface area (TPSA) is 73.0 Å². The third-order valence-electron chi connectivity index (χ3n) is 5.14. The second-order valence-corrected chi connectivity index (χ2v) is 8.92. The number of fused-ring (bicyclic) bond motifs is 2. The fraction of sp³-hybridized carbons (Fsp3) is 0.143. The number of aryl methyl sites for hydroxylation is 1.